The van der Waals surface area contributed by atoms with Gasteiger partial charge in [-0.05, 0) is 24.3 Å². The van der Waals surface area contributed by atoms with Crippen LogP contribution in [-0.2, 0) is 4.79 Å². The third kappa shape index (κ3) is 3.84. The molecule has 120 valence electrons. The van der Waals surface area contributed by atoms with Crippen molar-refractivity contribution in [2.45, 2.75) is 6.92 Å². The highest BCUT2D eigenvalue weighted by atomic mass is 16.6. The number of rotatable bonds is 5. The second-order valence-corrected chi connectivity index (χ2v) is 4.45. The van der Waals surface area contributed by atoms with Gasteiger partial charge in [-0.3, -0.25) is 19.7 Å². The van der Waals surface area contributed by atoms with E-state index in [1.165, 1.54) is 26.2 Å². The monoisotopic (exact) mass is 319 g/mol. The number of carbonyl (C=O) groups is 2. The molecule has 2 aromatic rings. The first-order valence-corrected chi connectivity index (χ1v) is 6.42. The molecule has 0 unspecified atom stereocenters. The molecule has 0 saturated carbocycles. The lowest BCUT2D eigenvalue weighted by Crippen LogP contribution is -2.13. The van der Waals surface area contributed by atoms with E-state index in [4.69, 9.17) is 9.15 Å². The van der Waals surface area contributed by atoms with Gasteiger partial charge < -0.3 is 19.8 Å². The number of anilines is 2. The van der Waals surface area contributed by atoms with Crippen molar-refractivity contribution in [2.24, 2.45) is 0 Å². The highest BCUT2D eigenvalue weighted by Crippen LogP contribution is 2.28. The molecule has 1 heterocycles. The van der Waals surface area contributed by atoms with E-state index in [-0.39, 0.29) is 17.4 Å². The highest BCUT2D eigenvalue weighted by Gasteiger charge is 2.18. The van der Waals surface area contributed by atoms with E-state index in [1.54, 1.807) is 12.1 Å². The Morgan fingerprint density at radius 1 is 1.22 bits per heavy atom. The number of amides is 2. The zero-order chi connectivity index (χ0) is 17.0. The van der Waals surface area contributed by atoms with Crippen molar-refractivity contribution in [3.8, 4) is 5.75 Å². The topological polar surface area (TPSA) is 124 Å². The lowest BCUT2D eigenvalue weighted by atomic mass is 10.2. The molecule has 1 aromatic carbocycles. The molecule has 0 aliphatic heterocycles. The first kappa shape index (κ1) is 16.0. The van der Waals surface area contributed by atoms with Crippen molar-refractivity contribution in [1.82, 2.24) is 0 Å². The number of nitrogens with zero attached hydrogens (tertiary/aromatic N) is 1. The minimum atomic E-state index is -0.741. The first-order chi connectivity index (χ1) is 10.9. The molecule has 0 bridgehead atoms. The van der Waals surface area contributed by atoms with Crippen molar-refractivity contribution in [2.75, 3.05) is 17.7 Å². The van der Waals surface area contributed by atoms with Gasteiger partial charge in [0.05, 0.1) is 18.9 Å². The van der Waals surface area contributed by atoms with Crippen LogP contribution in [0.5, 0.6) is 5.75 Å². The van der Waals surface area contributed by atoms with E-state index < -0.39 is 16.7 Å². The molecule has 2 N–H and O–H groups in total. The van der Waals surface area contributed by atoms with Crippen LogP contribution in [-0.4, -0.2) is 23.8 Å². The van der Waals surface area contributed by atoms with Gasteiger partial charge in [-0.15, -0.1) is 0 Å². The first-order valence-electron chi connectivity index (χ1n) is 6.42. The predicted octanol–water partition coefficient (Wildman–Crippen LogP) is 2.41. The van der Waals surface area contributed by atoms with Gasteiger partial charge in [-0.1, -0.05) is 0 Å². The Morgan fingerprint density at radius 3 is 2.52 bits per heavy atom. The van der Waals surface area contributed by atoms with Crippen LogP contribution < -0.4 is 15.4 Å². The Bertz CT molecular complexity index is 768. The summed E-state index contributed by atoms with van der Waals surface area (Å²) < 4.78 is 9.94. The van der Waals surface area contributed by atoms with Crippen LogP contribution in [0.15, 0.2) is 34.7 Å². The number of nitrogens with one attached hydrogen (secondary N) is 2. The van der Waals surface area contributed by atoms with Gasteiger partial charge >= 0.3 is 5.88 Å². The zero-order valence-corrected chi connectivity index (χ0v) is 12.3. The van der Waals surface area contributed by atoms with Crippen LogP contribution in [0.2, 0.25) is 0 Å². The van der Waals surface area contributed by atoms with Crippen LogP contribution >= 0.6 is 0 Å². The summed E-state index contributed by atoms with van der Waals surface area (Å²) in [6.07, 6.45) is 0. The maximum Gasteiger partial charge on any atom is 0.433 e. The Kier molecular flexibility index (Phi) is 4.60. The molecule has 9 heteroatoms. The normalized spacial score (nSPS) is 10.0. The van der Waals surface area contributed by atoms with Gasteiger partial charge in [-0.25, -0.2) is 0 Å². The zero-order valence-electron chi connectivity index (χ0n) is 12.3. The summed E-state index contributed by atoms with van der Waals surface area (Å²) in [7, 11) is 1.42. The molecule has 0 atom stereocenters. The van der Waals surface area contributed by atoms with Crippen LogP contribution in [0.1, 0.15) is 17.5 Å². The fraction of sp³-hybridized carbons (Fsp3) is 0.143. The molecule has 0 spiro atoms. The van der Waals surface area contributed by atoms with Gasteiger partial charge in [0.25, 0.3) is 5.91 Å². The van der Waals surface area contributed by atoms with Crippen molar-refractivity contribution >= 4 is 29.1 Å². The summed E-state index contributed by atoms with van der Waals surface area (Å²) >= 11 is 0. The number of hydrogen-bond donors (Lipinski definition) is 2. The molecule has 0 fully saturated rings. The number of nitro groups is 1. The molecule has 2 amide bonds. The second kappa shape index (κ2) is 6.60. The van der Waals surface area contributed by atoms with E-state index in [2.05, 4.69) is 10.6 Å². The van der Waals surface area contributed by atoms with Crippen molar-refractivity contribution in [3.63, 3.8) is 0 Å². The Hall–Kier alpha value is -3.36. The van der Waals surface area contributed by atoms with Gasteiger partial charge in [0.15, 0.2) is 5.76 Å². The molecular formula is C14H13N3O6. The second-order valence-electron chi connectivity index (χ2n) is 4.45. The number of carbonyl (C=O) groups excluding carboxylic acids is 2. The average Bonchev–Trinajstić information content (AvgIpc) is 2.97. The molecule has 0 radical (unpaired) electrons. The van der Waals surface area contributed by atoms with Gasteiger partial charge in [0.2, 0.25) is 5.91 Å². The van der Waals surface area contributed by atoms with Gasteiger partial charge in [0.1, 0.15) is 10.7 Å². The molecular weight excluding hydrogens is 306 g/mol. The lowest BCUT2D eigenvalue weighted by molar-refractivity contribution is -0.402. The Balaban J connectivity index is 2.24. The maximum absolute atomic E-state index is 12.1. The van der Waals surface area contributed by atoms with Crippen LogP contribution in [0.3, 0.4) is 0 Å². The van der Waals surface area contributed by atoms with Crippen LogP contribution in [0.25, 0.3) is 0 Å². The summed E-state index contributed by atoms with van der Waals surface area (Å²) in [5, 5.41) is 15.6. The van der Waals surface area contributed by atoms with E-state index in [9.17, 15) is 19.7 Å². The molecule has 0 aliphatic rings. The van der Waals surface area contributed by atoms with Crippen molar-refractivity contribution in [1.29, 1.82) is 0 Å². The Morgan fingerprint density at radius 2 is 1.96 bits per heavy atom. The summed E-state index contributed by atoms with van der Waals surface area (Å²) in [5.41, 5.74) is 0.738. The molecule has 2 rings (SSSR count). The standard InChI is InChI=1S/C14H13N3O6/c1-8(18)15-9-3-4-11(22-2)10(7-9)16-14(19)12-5-6-13(23-12)17(20)21/h3-7H,1-2H3,(H,15,18)(H,16,19). The third-order valence-corrected chi connectivity index (χ3v) is 2.76. The molecule has 1 aromatic heterocycles. The van der Waals surface area contributed by atoms with E-state index in [0.29, 0.717) is 11.4 Å². The minimum Gasteiger partial charge on any atom is -0.495 e. The quantitative estimate of drug-likeness (QED) is 0.644. The van der Waals surface area contributed by atoms with E-state index in [0.717, 1.165) is 6.07 Å². The number of hydrogen-bond acceptors (Lipinski definition) is 6. The average molecular weight is 319 g/mol. The summed E-state index contributed by atoms with van der Waals surface area (Å²) in [4.78, 5) is 33.0. The smallest absolute Gasteiger partial charge is 0.433 e. The minimum absolute atomic E-state index is 0.219. The van der Waals surface area contributed by atoms with E-state index in [1.807, 2.05) is 0 Å². The number of ether oxygens (including phenoxy) is 1. The van der Waals surface area contributed by atoms with E-state index >= 15 is 0 Å². The predicted molar refractivity (Wildman–Crippen MR) is 80.6 cm³/mol. The fourth-order valence-corrected chi connectivity index (χ4v) is 1.82. The third-order valence-electron chi connectivity index (χ3n) is 2.76. The van der Waals surface area contributed by atoms with Crippen molar-refractivity contribution in [3.05, 3.63) is 46.2 Å². The maximum atomic E-state index is 12.1. The SMILES string of the molecule is COc1ccc(NC(C)=O)cc1NC(=O)c1ccc([N+](=O)[O-])o1. The largest absolute Gasteiger partial charge is 0.495 e. The molecule has 0 aliphatic carbocycles. The van der Waals surface area contributed by atoms with Gasteiger partial charge in [0, 0.05) is 12.6 Å². The van der Waals surface area contributed by atoms with Crippen molar-refractivity contribution < 1.29 is 23.7 Å². The summed E-state index contributed by atoms with van der Waals surface area (Å²) in [6, 6.07) is 6.94. The van der Waals surface area contributed by atoms with Crippen LogP contribution in [0, 0.1) is 10.1 Å². The molecule has 0 saturated heterocycles. The number of methoxy groups -OCH3 is 1. The van der Waals surface area contributed by atoms with Crippen LogP contribution in [0.4, 0.5) is 17.3 Å². The van der Waals surface area contributed by atoms with Gasteiger partial charge in [-0.2, -0.15) is 0 Å². The fourth-order valence-electron chi connectivity index (χ4n) is 1.82. The number of furan rings is 1. The highest BCUT2D eigenvalue weighted by molar-refractivity contribution is 6.03. The number of benzene rings is 1. The lowest BCUT2D eigenvalue weighted by Gasteiger charge is -2.11. The Labute approximate surface area is 130 Å². The summed E-state index contributed by atoms with van der Waals surface area (Å²) in [5.74, 6) is -1.35. The summed E-state index contributed by atoms with van der Waals surface area (Å²) in [6.45, 7) is 1.35. The molecule has 23 heavy (non-hydrogen) atoms. The molecule has 9 nitrogen and oxygen atoms in total.